The van der Waals surface area contributed by atoms with Crippen LogP contribution in [0.3, 0.4) is 0 Å². The van der Waals surface area contributed by atoms with Crippen LogP contribution in [0.4, 0.5) is 0 Å². The Morgan fingerprint density at radius 3 is 2.84 bits per heavy atom. The van der Waals surface area contributed by atoms with Crippen LogP contribution < -0.4 is 11.1 Å². The topological polar surface area (TPSA) is 58.4 Å². The number of nitrogens with zero attached hydrogens (tertiary/aromatic N) is 1. The average molecular weight is 282 g/mol. The summed E-state index contributed by atoms with van der Waals surface area (Å²) in [7, 11) is 0. The molecule has 0 radical (unpaired) electrons. The predicted octanol–water partition coefficient (Wildman–Crippen LogP) is 1.38. The lowest BCUT2D eigenvalue weighted by Crippen LogP contribution is -2.46. The summed E-state index contributed by atoms with van der Waals surface area (Å²) in [5, 5.41) is 3.62. The van der Waals surface area contributed by atoms with Crippen LogP contribution >= 0.6 is 11.6 Å². The van der Waals surface area contributed by atoms with Crippen LogP contribution in [0.5, 0.6) is 0 Å². The van der Waals surface area contributed by atoms with Crippen molar-refractivity contribution in [1.29, 1.82) is 0 Å². The van der Waals surface area contributed by atoms with Gasteiger partial charge < -0.3 is 11.1 Å². The number of nitrogens with two attached hydrogens (primary N) is 1. The second-order valence-corrected chi connectivity index (χ2v) is 5.48. The lowest BCUT2D eigenvalue weighted by Gasteiger charge is -2.29. The van der Waals surface area contributed by atoms with Crippen molar-refractivity contribution in [2.75, 3.05) is 19.6 Å². The molecule has 1 aliphatic heterocycles. The molecule has 1 unspecified atom stereocenters. The van der Waals surface area contributed by atoms with Crippen LogP contribution in [0.15, 0.2) is 24.3 Å². The fourth-order valence-electron chi connectivity index (χ4n) is 2.30. The number of likely N-dealkylation sites (tertiary alicyclic amines) is 1. The van der Waals surface area contributed by atoms with E-state index in [-0.39, 0.29) is 11.9 Å². The average Bonchev–Trinajstić information content (AvgIpc) is 2.38. The molecular formula is C14H20ClN3O. The minimum absolute atomic E-state index is 0.0454. The number of carbonyl (C=O) groups is 1. The zero-order valence-corrected chi connectivity index (χ0v) is 11.7. The number of piperidine rings is 1. The maximum atomic E-state index is 11.8. The van der Waals surface area contributed by atoms with Crippen molar-refractivity contribution in [3.63, 3.8) is 0 Å². The molecule has 1 aliphatic rings. The molecule has 1 heterocycles. The van der Waals surface area contributed by atoms with E-state index in [1.807, 2.05) is 24.3 Å². The smallest absolute Gasteiger partial charge is 0.234 e. The van der Waals surface area contributed by atoms with Gasteiger partial charge in [0.15, 0.2) is 0 Å². The van der Waals surface area contributed by atoms with Crippen molar-refractivity contribution in [1.82, 2.24) is 10.2 Å². The van der Waals surface area contributed by atoms with Crippen LogP contribution in [-0.2, 0) is 11.3 Å². The number of rotatable bonds is 4. The molecule has 0 bridgehead atoms. The van der Waals surface area contributed by atoms with Gasteiger partial charge in [0.1, 0.15) is 0 Å². The first-order chi connectivity index (χ1) is 9.13. The first-order valence-corrected chi connectivity index (χ1v) is 7.00. The van der Waals surface area contributed by atoms with Gasteiger partial charge in [0.2, 0.25) is 5.91 Å². The number of nitrogens with one attached hydrogen (secondary N) is 1. The highest BCUT2D eigenvalue weighted by molar-refractivity contribution is 6.30. The Labute approximate surface area is 118 Å². The number of halogens is 1. The maximum Gasteiger partial charge on any atom is 0.234 e. The number of benzene rings is 1. The first kappa shape index (κ1) is 14.3. The molecule has 4 nitrogen and oxygen atoms in total. The van der Waals surface area contributed by atoms with Crippen LogP contribution in [0, 0.1) is 0 Å². The van der Waals surface area contributed by atoms with Gasteiger partial charge >= 0.3 is 0 Å². The highest BCUT2D eigenvalue weighted by atomic mass is 35.5. The van der Waals surface area contributed by atoms with Crippen molar-refractivity contribution in [2.45, 2.75) is 25.4 Å². The molecule has 2 rings (SSSR count). The SMILES string of the molecule is NC1CCCN(CC(=O)NCc2ccc(Cl)cc2)C1. The van der Waals surface area contributed by atoms with E-state index in [2.05, 4.69) is 10.2 Å². The summed E-state index contributed by atoms with van der Waals surface area (Å²) >= 11 is 5.81. The van der Waals surface area contributed by atoms with Gasteiger partial charge in [-0.05, 0) is 37.1 Å². The molecule has 1 fully saturated rings. The van der Waals surface area contributed by atoms with Gasteiger partial charge in [-0.25, -0.2) is 0 Å². The highest BCUT2D eigenvalue weighted by Crippen LogP contribution is 2.09. The first-order valence-electron chi connectivity index (χ1n) is 6.62. The molecule has 1 atom stereocenters. The Hall–Kier alpha value is -1.10. The zero-order chi connectivity index (χ0) is 13.7. The van der Waals surface area contributed by atoms with E-state index in [1.54, 1.807) is 0 Å². The number of carbonyl (C=O) groups excluding carboxylic acids is 1. The molecule has 104 valence electrons. The summed E-state index contributed by atoms with van der Waals surface area (Å²) in [4.78, 5) is 14.0. The van der Waals surface area contributed by atoms with E-state index in [9.17, 15) is 4.79 Å². The number of hydrogen-bond acceptors (Lipinski definition) is 3. The Morgan fingerprint density at radius 2 is 2.16 bits per heavy atom. The van der Waals surface area contributed by atoms with E-state index >= 15 is 0 Å². The van der Waals surface area contributed by atoms with Gasteiger partial charge in [0, 0.05) is 24.2 Å². The minimum Gasteiger partial charge on any atom is -0.351 e. The van der Waals surface area contributed by atoms with E-state index in [1.165, 1.54) is 0 Å². The second-order valence-electron chi connectivity index (χ2n) is 5.04. The van der Waals surface area contributed by atoms with Crippen LogP contribution in [-0.4, -0.2) is 36.5 Å². The van der Waals surface area contributed by atoms with Gasteiger partial charge in [-0.2, -0.15) is 0 Å². The molecule has 1 aromatic rings. The van der Waals surface area contributed by atoms with Crippen molar-refractivity contribution in [3.8, 4) is 0 Å². The summed E-state index contributed by atoms with van der Waals surface area (Å²) in [6, 6.07) is 7.69. The molecule has 3 N–H and O–H groups in total. The maximum absolute atomic E-state index is 11.8. The number of hydrogen-bond donors (Lipinski definition) is 2. The van der Waals surface area contributed by atoms with Gasteiger partial charge in [0.05, 0.1) is 6.54 Å². The quantitative estimate of drug-likeness (QED) is 0.877. The van der Waals surface area contributed by atoms with Crippen molar-refractivity contribution in [2.24, 2.45) is 5.73 Å². The predicted molar refractivity (Wildman–Crippen MR) is 76.9 cm³/mol. The van der Waals surface area contributed by atoms with E-state index in [0.29, 0.717) is 18.1 Å². The lowest BCUT2D eigenvalue weighted by molar-refractivity contribution is -0.122. The number of amides is 1. The minimum atomic E-state index is 0.0454. The van der Waals surface area contributed by atoms with E-state index in [4.69, 9.17) is 17.3 Å². The molecule has 0 spiro atoms. The third kappa shape index (κ3) is 4.82. The zero-order valence-electron chi connectivity index (χ0n) is 10.9. The Kier molecular flexibility index (Phi) is 5.19. The third-order valence-electron chi connectivity index (χ3n) is 3.31. The van der Waals surface area contributed by atoms with Crippen molar-refractivity contribution < 1.29 is 4.79 Å². The summed E-state index contributed by atoms with van der Waals surface area (Å²) in [6.07, 6.45) is 2.13. The summed E-state index contributed by atoms with van der Waals surface area (Å²) < 4.78 is 0. The largest absolute Gasteiger partial charge is 0.351 e. The highest BCUT2D eigenvalue weighted by Gasteiger charge is 2.18. The Bertz CT molecular complexity index is 421. The summed E-state index contributed by atoms with van der Waals surface area (Å²) in [6.45, 7) is 2.74. The monoisotopic (exact) mass is 281 g/mol. The Morgan fingerprint density at radius 1 is 1.42 bits per heavy atom. The van der Waals surface area contributed by atoms with Crippen molar-refractivity contribution >= 4 is 17.5 Å². The molecule has 0 aliphatic carbocycles. The summed E-state index contributed by atoms with van der Waals surface area (Å²) in [5.41, 5.74) is 6.94. The third-order valence-corrected chi connectivity index (χ3v) is 3.56. The lowest BCUT2D eigenvalue weighted by atomic mass is 10.1. The fraction of sp³-hybridized carbons (Fsp3) is 0.500. The fourth-order valence-corrected chi connectivity index (χ4v) is 2.42. The molecule has 19 heavy (non-hydrogen) atoms. The molecule has 0 saturated carbocycles. The van der Waals surface area contributed by atoms with Gasteiger partial charge in [-0.1, -0.05) is 23.7 Å². The van der Waals surface area contributed by atoms with Crippen LogP contribution in [0.25, 0.3) is 0 Å². The Balaban J connectivity index is 1.73. The van der Waals surface area contributed by atoms with Crippen LogP contribution in [0.1, 0.15) is 18.4 Å². The van der Waals surface area contributed by atoms with E-state index < -0.39 is 0 Å². The van der Waals surface area contributed by atoms with E-state index in [0.717, 1.165) is 31.5 Å². The van der Waals surface area contributed by atoms with Gasteiger partial charge in [-0.3, -0.25) is 9.69 Å². The molecule has 1 saturated heterocycles. The molecule has 1 amide bonds. The van der Waals surface area contributed by atoms with Crippen molar-refractivity contribution in [3.05, 3.63) is 34.9 Å². The summed E-state index contributed by atoms with van der Waals surface area (Å²) in [5.74, 6) is 0.0454. The standard InChI is InChI=1S/C14H20ClN3O/c15-12-5-3-11(4-6-12)8-17-14(19)10-18-7-1-2-13(16)9-18/h3-6,13H,1-2,7-10,16H2,(H,17,19). The van der Waals surface area contributed by atoms with Crippen LogP contribution in [0.2, 0.25) is 5.02 Å². The second kappa shape index (κ2) is 6.89. The molecule has 1 aromatic carbocycles. The molecule has 5 heteroatoms. The van der Waals surface area contributed by atoms with Gasteiger partial charge in [0.25, 0.3) is 0 Å². The van der Waals surface area contributed by atoms with Gasteiger partial charge in [-0.15, -0.1) is 0 Å². The molecular weight excluding hydrogens is 262 g/mol. The normalized spacial score (nSPS) is 20.2. The molecule has 0 aromatic heterocycles.